The molecule has 106 valence electrons. The van der Waals surface area contributed by atoms with Gasteiger partial charge in [0.2, 0.25) is 5.95 Å². The Balaban J connectivity index is 1.93. The van der Waals surface area contributed by atoms with Crippen molar-refractivity contribution >= 4 is 17.1 Å². The Kier molecular flexibility index (Phi) is 3.34. The first-order valence-electron chi connectivity index (χ1n) is 6.59. The fourth-order valence-electron chi connectivity index (χ4n) is 2.43. The largest absolute Gasteiger partial charge is 0.294 e. The summed E-state index contributed by atoms with van der Waals surface area (Å²) in [6.45, 7) is 4.12. The lowest BCUT2D eigenvalue weighted by molar-refractivity contribution is 0.0910. The van der Waals surface area contributed by atoms with E-state index < -0.39 is 5.95 Å². The first-order valence-corrected chi connectivity index (χ1v) is 7.47. The third-order valence-corrected chi connectivity index (χ3v) is 4.06. The van der Waals surface area contributed by atoms with Crippen LogP contribution in [0.15, 0.2) is 17.5 Å². The van der Waals surface area contributed by atoms with E-state index in [2.05, 4.69) is 35.7 Å². The number of halogens is 1. The number of hydrogen-bond acceptors (Lipinski definition) is 4. The maximum atomic E-state index is 12.8. The Morgan fingerprint density at radius 2 is 2.05 bits per heavy atom. The van der Waals surface area contributed by atoms with Crippen molar-refractivity contribution in [1.82, 2.24) is 9.97 Å². The van der Waals surface area contributed by atoms with E-state index in [4.69, 9.17) is 0 Å². The molecule has 2 aromatic rings. The van der Waals surface area contributed by atoms with Gasteiger partial charge in [-0.3, -0.25) is 4.79 Å². The molecule has 0 spiro atoms. The molecule has 0 aromatic carbocycles. The minimum Gasteiger partial charge on any atom is -0.294 e. The van der Waals surface area contributed by atoms with Crippen LogP contribution < -0.4 is 0 Å². The van der Waals surface area contributed by atoms with Crippen LogP contribution in [0.3, 0.4) is 0 Å². The zero-order valence-corrected chi connectivity index (χ0v) is 12.6. The molecule has 0 aliphatic heterocycles. The molecule has 0 amide bonds. The molecule has 21 heavy (non-hydrogen) atoms. The van der Waals surface area contributed by atoms with Crippen molar-refractivity contribution in [3.8, 4) is 11.8 Å². The summed E-state index contributed by atoms with van der Waals surface area (Å²) in [6, 6.07) is 3.51. The molecule has 2 heterocycles. The summed E-state index contributed by atoms with van der Waals surface area (Å²) in [6.07, 6.45) is 1.31. The topological polar surface area (TPSA) is 42.9 Å². The second-order valence-electron chi connectivity index (χ2n) is 5.86. The van der Waals surface area contributed by atoms with Crippen LogP contribution >= 0.6 is 11.3 Å². The molecule has 0 unspecified atom stereocenters. The standard InChI is InChI=1S/C16H13FN2OS/c1-16(2)7-12-11(13(20)8-16)5-3-10(18-12)4-6-15-19-14(17)9-21-15/h3,5,9H,7-8H2,1-2H3. The number of fused-ring (bicyclic) bond motifs is 1. The maximum Gasteiger partial charge on any atom is 0.224 e. The molecule has 0 radical (unpaired) electrons. The molecule has 3 nitrogen and oxygen atoms in total. The quantitative estimate of drug-likeness (QED) is 0.702. The Morgan fingerprint density at radius 1 is 1.24 bits per heavy atom. The third kappa shape index (κ3) is 3.01. The van der Waals surface area contributed by atoms with Crippen LogP contribution in [0.5, 0.6) is 0 Å². The number of pyridine rings is 1. The van der Waals surface area contributed by atoms with Gasteiger partial charge in [0.25, 0.3) is 0 Å². The number of nitrogens with zero attached hydrogens (tertiary/aromatic N) is 2. The normalized spacial score (nSPS) is 16.0. The van der Waals surface area contributed by atoms with E-state index in [0.29, 0.717) is 22.7 Å². The summed E-state index contributed by atoms with van der Waals surface area (Å²) in [4.78, 5) is 20.2. The van der Waals surface area contributed by atoms with E-state index >= 15 is 0 Å². The molecule has 2 aromatic heterocycles. The molecule has 0 saturated carbocycles. The summed E-state index contributed by atoms with van der Waals surface area (Å²) in [5.41, 5.74) is 2.00. The predicted molar refractivity (Wildman–Crippen MR) is 78.7 cm³/mol. The fourth-order valence-corrected chi connectivity index (χ4v) is 2.95. The van der Waals surface area contributed by atoms with Crippen LogP contribution in [0.1, 0.15) is 47.0 Å². The Labute approximate surface area is 126 Å². The average molecular weight is 300 g/mol. The van der Waals surface area contributed by atoms with Crippen molar-refractivity contribution in [2.24, 2.45) is 5.41 Å². The number of aromatic nitrogens is 2. The zero-order valence-electron chi connectivity index (χ0n) is 11.7. The van der Waals surface area contributed by atoms with Crippen molar-refractivity contribution in [2.75, 3.05) is 0 Å². The smallest absolute Gasteiger partial charge is 0.224 e. The van der Waals surface area contributed by atoms with Gasteiger partial charge in [-0.15, -0.1) is 11.3 Å². The van der Waals surface area contributed by atoms with Crippen LogP contribution in [0.4, 0.5) is 4.39 Å². The molecule has 0 bridgehead atoms. The SMILES string of the molecule is CC1(C)CC(=O)c2ccc(C#Cc3nc(F)cs3)nc2C1. The Hall–Kier alpha value is -2.06. The third-order valence-electron chi connectivity index (χ3n) is 3.33. The average Bonchev–Trinajstić information content (AvgIpc) is 2.80. The highest BCUT2D eigenvalue weighted by Gasteiger charge is 2.31. The molecule has 0 saturated heterocycles. The molecule has 1 aliphatic rings. The van der Waals surface area contributed by atoms with Gasteiger partial charge < -0.3 is 0 Å². The van der Waals surface area contributed by atoms with Gasteiger partial charge in [0.15, 0.2) is 10.8 Å². The van der Waals surface area contributed by atoms with E-state index in [9.17, 15) is 9.18 Å². The Bertz CT molecular complexity index is 783. The lowest BCUT2D eigenvalue weighted by atomic mass is 9.75. The van der Waals surface area contributed by atoms with Gasteiger partial charge in [-0.25, -0.2) is 4.98 Å². The number of Topliss-reactive ketones (excluding diaryl/α,β-unsaturated/α-hetero) is 1. The van der Waals surface area contributed by atoms with Crippen LogP contribution in [-0.2, 0) is 6.42 Å². The number of rotatable bonds is 0. The lowest BCUT2D eigenvalue weighted by Gasteiger charge is -2.29. The van der Waals surface area contributed by atoms with Crippen molar-refractivity contribution in [3.63, 3.8) is 0 Å². The second kappa shape index (κ2) is 5.05. The van der Waals surface area contributed by atoms with Crippen LogP contribution in [0.25, 0.3) is 0 Å². The highest BCUT2D eigenvalue weighted by atomic mass is 32.1. The summed E-state index contributed by atoms with van der Waals surface area (Å²) in [5.74, 6) is 5.28. The number of hydrogen-bond donors (Lipinski definition) is 0. The van der Waals surface area contributed by atoms with E-state index in [1.54, 1.807) is 12.1 Å². The second-order valence-corrected chi connectivity index (χ2v) is 6.72. The van der Waals surface area contributed by atoms with Gasteiger partial charge in [-0.05, 0) is 35.8 Å². The van der Waals surface area contributed by atoms with Crippen molar-refractivity contribution in [1.29, 1.82) is 0 Å². The summed E-state index contributed by atoms with van der Waals surface area (Å²) in [5, 5.41) is 1.73. The number of thiazole rings is 1. The highest BCUT2D eigenvalue weighted by Crippen LogP contribution is 2.33. The van der Waals surface area contributed by atoms with Gasteiger partial charge in [-0.1, -0.05) is 13.8 Å². The predicted octanol–water partition coefficient (Wildman–Crippen LogP) is 3.23. The van der Waals surface area contributed by atoms with E-state index in [1.165, 1.54) is 5.38 Å². The lowest BCUT2D eigenvalue weighted by Crippen LogP contribution is -2.28. The first-order chi connectivity index (χ1) is 9.93. The van der Waals surface area contributed by atoms with Crippen molar-refractivity contribution in [2.45, 2.75) is 26.7 Å². The summed E-state index contributed by atoms with van der Waals surface area (Å²) in [7, 11) is 0. The van der Waals surface area contributed by atoms with Gasteiger partial charge in [-0.2, -0.15) is 9.37 Å². The van der Waals surface area contributed by atoms with E-state index in [0.717, 1.165) is 23.5 Å². The fraction of sp³-hybridized carbons (Fsp3) is 0.312. The molecule has 1 aliphatic carbocycles. The number of carbonyl (C=O) groups excluding carboxylic acids is 1. The van der Waals surface area contributed by atoms with Crippen LogP contribution in [0.2, 0.25) is 0 Å². The molecule has 0 atom stereocenters. The maximum absolute atomic E-state index is 12.8. The van der Waals surface area contributed by atoms with E-state index in [-0.39, 0.29) is 11.2 Å². The first kappa shape index (κ1) is 13.9. The monoisotopic (exact) mass is 300 g/mol. The van der Waals surface area contributed by atoms with Gasteiger partial charge in [0, 0.05) is 17.4 Å². The van der Waals surface area contributed by atoms with Crippen LogP contribution in [-0.4, -0.2) is 15.8 Å². The van der Waals surface area contributed by atoms with Gasteiger partial charge in [0.05, 0.1) is 5.69 Å². The number of ketones is 1. The van der Waals surface area contributed by atoms with Crippen LogP contribution in [0, 0.1) is 23.2 Å². The Morgan fingerprint density at radius 3 is 2.76 bits per heavy atom. The van der Waals surface area contributed by atoms with Gasteiger partial charge >= 0.3 is 0 Å². The summed E-state index contributed by atoms with van der Waals surface area (Å²) >= 11 is 1.16. The number of carbonyl (C=O) groups is 1. The highest BCUT2D eigenvalue weighted by molar-refractivity contribution is 7.10. The summed E-state index contributed by atoms with van der Waals surface area (Å²) < 4.78 is 12.8. The van der Waals surface area contributed by atoms with Gasteiger partial charge in [0.1, 0.15) is 5.69 Å². The molecule has 0 N–H and O–H groups in total. The van der Waals surface area contributed by atoms with E-state index in [1.807, 2.05) is 0 Å². The molecular formula is C16H13FN2OS. The zero-order chi connectivity index (χ0) is 15.0. The molecule has 5 heteroatoms. The molecule has 0 fully saturated rings. The molecular weight excluding hydrogens is 287 g/mol. The van der Waals surface area contributed by atoms with Crippen molar-refractivity contribution in [3.05, 3.63) is 45.4 Å². The molecule has 3 rings (SSSR count). The minimum atomic E-state index is -0.518. The van der Waals surface area contributed by atoms with Crippen molar-refractivity contribution < 1.29 is 9.18 Å². The minimum absolute atomic E-state index is 0.0679.